The minimum absolute atomic E-state index is 0.160. The molecule has 1 aromatic heterocycles. The molecule has 106 valence electrons. The molecule has 0 fully saturated rings. The number of hydrogen-bond acceptors (Lipinski definition) is 3. The Hall–Kier alpha value is -1.82. The molecule has 1 amide bonds. The van der Waals surface area contributed by atoms with Gasteiger partial charge in [0.2, 0.25) is 0 Å². The third kappa shape index (κ3) is 2.85. The van der Waals surface area contributed by atoms with Crippen LogP contribution >= 0.6 is 15.9 Å². The van der Waals surface area contributed by atoms with Gasteiger partial charge in [0.05, 0.1) is 11.3 Å². The molecule has 0 saturated carbocycles. The highest BCUT2D eigenvalue weighted by Gasteiger charge is 2.13. The van der Waals surface area contributed by atoms with Crippen molar-refractivity contribution in [3.8, 4) is 0 Å². The second-order valence-electron chi connectivity index (χ2n) is 4.69. The van der Waals surface area contributed by atoms with Crippen molar-refractivity contribution in [3.63, 3.8) is 0 Å². The quantitative estimate of drug-likeness (QED) is 0.844. The predicted octanol–water partition coefficient (Wildman–Crippen LogP) is 2.31. The maximum absolute atomic E-state index is 12.2. The maximum atomic E-state index is 12.2. The van der Waals surface area contributed by atoms with E-state index in [1.165, 1.54) is 0 Å². The predicted molar refractivity (Wildman–Crippen MR) is 82.4 cm³/mol. The first-order valence-corrected chi connectivity index (χ1v) is 7.01. The van der Waals surface area contributed by atoms with E-state index in [2.05, 4.69) is 26.3 Å². The molecule has 0 aliphatic rings. The summed E-state index contributed by atoms with van der Waals surface area (Å²) in [5, 5.41) is 7.23. The van der Waals surface area contributed by atoms with Crippen LogP contribution in [0.4, 0.5) is 5.69 Å². The number of hydrogen-bond donors (Lipinski definition) is 2. The SMILES string of the molecule is Cc1nn(C)c(C)c1CNC(=O)c1cc(N)ccc1Br. The average Bonchev–Trinajstić information content (AvgIpc) is 2.64. The molecule has 2 rings (SSSR count). The van der Waals surface area contributed by atoms with Gasteiger partial charge in [0.15, 0.2) is 0 Å². The Bertz CT molecular complexity index is 663. The highest BCUT2D eigenvalue weighted by molar-refractivity contribution is 9.10. The topological polar surface area (TPSA) is 72.9 Å². The van der Waals surface area contributed by atoms with Crippen LogP contribution in [0.3, 0.4) is 0 Å². The molecule has 2 aromatic rings. The maximum Gasteiger partial charge on any atom is 0.252 e. The fourth-order valence-corrected chi connectivity index (χ4v) is 2.48. The van der Waals surface area contributed by atoms with Crippen LogP contribution in [0.25, 0.3) is 0 Å². The molecular weight excluding hydrogens is 320 g/mol. The van der Waals surface area contributed by atoms with Gasteiger partial charge in [-0.05, 0) is 48.0 Å². The number of rotatable bonds is 3. The van der Waals surface area contributed by atoms with Gasteiger partial charge in [-0.2, -0.15) is 5.10 Å². The van der Waals surface area contributed by atoms with Crippen molar-refractivity contribution in [2.75, 3.05) is 5.73 Å². The van der Waals surface area contributed by atoms with Crippen molar-refractivity contribution in [1.29, 1.82) is 0 Å². The summed E-state index contributed by atoms with van der Waals surface area (Å²) in [6.45, 7) is 4.37. The van der Waals surface area contributed by atoms with Crippen LogP contribution in [0, 0.1) is 13.8 Å². The number of nitrogens with zero attached hydrogens (tertiary/aromatic N) is 2. The van der Waals surface area contributed by atoms with Crippen molar-refractivity contribution in [2.24, 2.45) is 7.05 Å². The van der Waals surface area contributed by atoms with Gasteiger partial charge in [-0.3, -0.25) is 9.48 Å². The molecule has 0 aliphatic heterocycles. The Morgan fingerprint density at radius 1 is 1.45 bits per heavy atom. The van der Waals surface area contributed by atoms with Gasteiger partial charge in [0, 0.05) is 35.0 Å². The second kappa shape index (κ2) is 5.66. The van der Waals surface area contributed by atoms with Gasteiger partial charge in [-0.15, -0.1) is 0 Å². The average molecular weight is 337 g/mol. The van der Waals surface area contributed by atoms with E-state index in [1.807, 2.05) is 25.6 Å². The summed E-state index contributed by atoms with van der Waals surface area (Å²) < 4.78 is 2.54. The van der Waals surface area contributed by atoms with Crippen LogP contribution in [0.2, 0.25) is 0 Å². The zero-order valence-electron chi connectivity index (χ0n) is 11.7. The van der Waals surface area contributed by atoms with E-state index >= 15 is 0 Å². The first-order valence-electron chi connectivity index (χ1n) is 6.22. The molecule has 20 heavy (non-hydrogen) atoms. The summed E-state index contributed by atoms with van der Waals surface area (Å²) in [5.74, 6) is -0.160. The van der Waals surface area contributed by atoms with E-state index in [9.17, 15) is 4.79 Å². The van der Waals surface area contributed by atoms with E-state index in [1.54, 1.807) is 18.2 Å². The number of halogens is 1. The molecule has 0 spiro atoms. The molecule has 0 radical (unpaired) electrons. The molecule has 0 atom stereocenters. The third-order valence-electron chi connectivity index (χ3n) is 3.32. The molecular formula is C14H17BrN4O. The van der Waals surface area contributed by atoms with Gasteiger partial charge in [-0.25, -0.2) is 0 Å². The van der Waals surface area contributed by atoms with Crippen LogP contribution in [0.15, 0.2) is 22.7 Å². The number of anilines is 1. The minimum Gasteiger partial charge on any atom is -0.399 e. The fraction of sp³-hybridized carbons (Fsp3) is 0.286. The molecule has 3 N–H and O–H groups in total. The summed E-state index contributed by atoms with van der Waals surface area (Å²) in [5.41, 5.74) is 9.82. The zero-order chi connectivity index (χ0) is 14.9. The first-order chi connectivity index (χ1) is 9.40. The van der Waals surface area contributed by atoms with Gasteiger partial charge < -0.3 is 11.1 Å². The zero-order valence-corrected chi connectivity index (χ0v) is 13.3. The summed E-state index contributed by atoms with van der Waals surface area (Å²) in [6, 6.07) is 5.17. The number of nitrogen functional groups attached to an aromatic ring is 1. The van der Waals surface area contributed by atoms with E-state index in [4.69, 9.17) is 5.73 Å². The number of amides is 1. The Morgan fingerprint density at radius 3 is 2.75 bits per heavy atom. The van der Waals surface area contributed by atoms with Gasteiger partial charge in [-0.1, -0.05) is 0 Å². The monoisotopic (exact) mass is 336 g/mol. The van der Waals surface area contributed by atoms with Gasteiger partial charge >= 0.3 is 0 Å². The normalized spacial score (nSPS) is 10.6. The molecule has 0 bridgehead atoms. The smallest absolute Gasteiger partial charge is 0.252 e. The lowest BCUT2D eigenvalue weighted by molar-refractivity contribution is 0.0950. The number of carbonyl (C=O) groups is 1. The van der Waals surface area contributed by atoms with Gasteiger partial charge in [0.1, 0.15) is 0 Å². The number of nitrogens with two attached hydrogens (primary N) is 1. The molecule has 0 aliphatic carbocycles. The molecule has 5 nitrogen and oxygen atoms in total. The summed E-state index contributed by atoms with van der Waals surface area (Å²) in [4.78, 5) is 12.2. The molecule has 0 saturated heterocycles. The number of aromatic nitrogens is 2. The Labute approximate surface area is 126 Å². The van der Waals surface area contributed by atoms with Gasteiger partial charge in [0.25, 0.3) is 5.91 Å². The van der Waals surface area contributed by atoms with Crippen LogP contribution < -0.4 is 11.1 Å². The summed E-state index contributed by atoms with van der Waals surface area (Å²) in [6.07, 6.45) is 0. The number of aryl methyl sites for hydroxylation is 2. The molecule has 1 aromatic carbocycles. The van der Waals surface area contributed by atoms with Crippen LogP contribution in [0.5, 0.6) is 0 Å². The van der Waals surface area contributed by atoms with Crippen molar-refractivity contribution >= 4 is 27.5 Å². The lowest BCUT2D eigenvalue weighted by Crippen LogP contribution is -2.24. The van der Waals surface area contributed by atoms with E-state index in [-0.39, 0.29) is 5.91 Å². The summed E-state index contributed by atoms with van der Waals surface area (Å²) in [7, 11) is 1.89. The van der Waals surface area contributed by atoms with Crippen molar-refractivity contribution in [1.82, 2.24) is 15.1 Å². The highest BCUT2D eigenvalue weighted by atomic mass is 79.9. The van der Waals surface area contributed by atoms with Crippen molar-refractivity contribution < 1.29 is 4.79 Å². The standard InChI is InChI=1S/C14H17BrN4O/c1-8-12(9(2)19(3)18-8)7-17-14(20)11-6-10(16)4-5-13(11)15/h4-6H,7,16H2,1-3H3,(H,17,20). The third-order valence-corrected chi connectivity index (χ3v) is 4.01. The largest absolute Gasteiger partial charge is 0.399 e. The second-order valence-corrected chi connectivity index (χ2v) is 5.55. The highest BCUT2D eigenvalue weighted by Crippen LogP contribution is 2.20. The molecule has 0 unspecified atom stereocenters. The number of benzene rings is 1. The fourth-order valence-electron chi connectivity index (χ4n) is 2.05. The van der Waals surface area contributed by atoms with E-state index < -0.39 is 0 Å². The Morgan fingerprint density at radius 2 is 2.15 bits per heavy atom. The Balaban J connectivity index is 2.15. The van der Waals surface area contributed by atoms with E-state index in [0.717, 1.165) is 21.4 Å². The lowest BCUT2D eigenvalue weighted by Gasteiger charge is -2.08. The van der Waals surface area contributed by atoms with Crippen molar-refractivity contribution in [3.05, 3.63) is 45.2 Å². The number of nitrogens with one attached hydrogen (secondary N) is 1. The molecule has 1 heterocycles. The first kappa shape index (κ1) is 14.6. The van der Waals surface area contributed by atoms with Crippen LogP contribution in [0.1, 0.15) is 27.3 Å². The molecule has 6 heteroatoms. The Kier molecular flexibility index (Phi) is 4.13. The van der Waals surface area contributed by atoms with Crippen LogP contribution in [-0.4, -0.2) is 15.7 Å². The summed E-state index contributed by atoms with van der Waals surface area (Å²) >= 11 is 3.36. The minimum atomic E-state index is -0.160. The van der Waals surface area contributed by atoms with E-state index in [0.29, 0.717) is 17.8 Å². The van der Waals surface area contributed by atoms with Crippen molar-refractivity contribution in [2.45, 2.75) is 20.4 Å². The lowest BCUT2D eigenvalue weighted by atomic mass is 10.1. The number of carbonyl (C=O) groups excluding carboxylic acids is 1. The van der Waals surface area contributed by atoms with Crippen LogP contribution in [-0.2, 0) is 13.6 Å².